The molecule has 1 N–H and O–H groups in total. The molecule has 1 aliphatic rings. The van der Waals surface area contributed by atoms with Gasteiger partial charge in [-0.1, -0.05) is 30.3 Å². The maximum Gasteiger partial charge on any atom is 0.271 e. The van der Waals surface area contributed by atoms with E-state index in [1.165, 1.54) is 16.9 Å². The van der Waals surface area contributed by atoms with Crippen molar-refractivity contribution in [2.45, 2.75) is 25.6 Å². The van der Waals surface area contributed by atoms with Crippen molar-refractivity contribution in [3.63, 3.8) is 0 Å². The number of nitrogens with zero attached hydrogens (tertiary/aromatic N) is 2. The van der Waals surface area contributed by atoms with E-state index in [1.807, 2.05) is 13.0 Å². The highest BCUT2D eigenvalue weighted by Gasteiger charge is 2.27. The van der Waals surface area contributed by atoms with E-state index in [0.717, 1.165) is 19.6 Å². The van der Waals surface area contributed by atoms with Gasteiger partial charge in [-0.25, -0.2) is 4.98 Å². The van der Waals surface area contributed by atoms with Crippen LogP contribution in [0.25, 0.3) is 0 Å². The molecule has 5 nitrogen and oxygen atoms in total. The molecule has 0 unspecified atom stereocenters. The lowest BCUT2D eigenvalue weighted by atomic mass is 10.1. The first-order valence-electron chi connectivity index (χ1n) is 7.79. The van der Waals surface area contributed by atoms with Crippen LogP contribution in [0.5, 0.6) is 0 Å². The zero-order chi connectivity index (χ0) is 16.1. The van der Waals surface area contributed by atoms with Crippen molar-refractivity contribution >= 4 is 17.2 Å². The third-order valence-electron chi connectivity index (χ3n) is 4.01. The molecule has 0 aliphatic carbocycles. The second kappa shape index (κ2) is 7.68. The minimum atomic E-state index is -0.137. The number of ether oxygens (including phenoxy) is 1. The molecule has 2 heterocycles. The van der Waals surface area contributed by atoms with Crippen LogP contribution >= 0.6 is 11.3 Å². The monoisotopic (exact) mass is 331 g/mol. The molecule has 122 valence electrons. The van der Waals surface area contributed by atoms with Crippen molar-refractivity contribution < 1.29 is 9.53 Å². The number of aromatic nitrogens is 1. The molecule has 0 bridgehead atoms. The van der Waals surface area contributed by atoms with Crippen molar-refractivity contribution in [3.8, 4) is 0 Å². The van der Waals surface area contributed by atoms with Gasteiger partial charge < -0.3 is 10.1 Å². The molecule has 1 aliphatic heterocycles. The van der Waals surface area contributed by atoms with Gasteiger partial charge in [0, 0.05) is 25.0 Å². The number of benzene rings is 1. The summed E-state index contributed by atoms with van der Waals surface area (Å²) in [5.41, 5.74) is 3.43. The van der Waals surface area contributed by atoms with Gasteiger partial charge in [0.15, 0.2) is 0 Å². The molecular weight excluding hydrogens is 310 g/mol. The molecule has 1 saturated heterocycles. The van der Waals surface area contributed by atoms with E-state index in [-0.39, 0.29) is 18.1 Å². The van der Waals surface area contributed by atoms with Crippen LogP contribution in [0.3, 0.4) is 0 Å². The van der Waals surface area contributed by atoms with Gasteiger partial charge in [-0.2, -0.15) is 0 Å². The number of hydrogen-bond donors (Lipinski definition) is 1. The molecule has 2 atom stereocenters. The van der Waals surface area contributed by atoms with Gasteiger partial charge >= 0.3 is 0 Å². The molecule has 0 spiro atoms. The Labute approximate surface area is 140 Å². The number of carbonyl (C=O) groups excluding carboxylic acids is 1. The number of morpholine rings is 1. The smallest absolute Gasteiger partial charge is 0.271 e. The fourth-order valence-corrected chi connectivity index (χ4v) is 3.25. The minimum Gasteiger partial charge on any atom is -0.373 e. The van der Waals surface area contributed by atoms with Gasteiger partial charge in [0.25, 0.3) is 5.91 Å². The molecule has 0 saturated carbocycles. The van der Waals surface area contributed by atoms with Gasteiger partial charge in [0.2, 0.25) is 0 Å². The van der Waals surface area contributed by atoms with E-state index in [1.54, 1.807) is 10.9 Å². The summed E-state index contributed by atoms with van der Waals surface area (Å²) in [7, 11) is 0. The van der Waals surface area contributed by atoms with Crippen LogP contribution in [-0.4, -0.2) is 47.6 Å². The van der Waals surface area contributed by atoms with Gasteiger partial charge in [0.1, 0.15) is 5.69 Å². The van der Waals surface area contributed by atoms with E-state index in [2.05, 4.69) is 39.5 Å². The van der Waals surface area contributed by atoms with Gasteiger partial charge in [-0.05, 0) is 12.5 Å². The van der Waals surface area contributed by atoms with E-state index >= 15 is 0 Å². The summed E-state index contributed by atoms with van der Waals surface area (Å²) >= 11 is 1.42. The van der Waals surface area contributed by atoms with Crippen LogP contribution in [0.2, 0.25) is 0 Å². The van der Waals surface area contributed by atoms with Crippen LogP contribution < -0.4 is 5.32 Å². The summed E-state index contributed by atoms with van der Waals surface area (Å²) < 4.78 is 5.85. The van der Waals surface area contributed by atoms with Crippen LogP contribution in [0, 0.1) is 0 Å². The Kier molecular flexibility index (Phi) is 5.38. The molecule has 1 aromatic carbocycles. The Hall–Kier alpha value is -1.76. The zero-order valence-electron chi connectivity index (χ0n) is 13.1. The Morgan fingerprint density at radius 1 is 1.48 bits per heavy atom. The zero-order valence-corrected chi connectivity index (χ0v) is 14.0. The predicted molar refractivity (Wildman–Crippen MR) is 90.5 cm³/mol. The van der Waals surface area contributed by atoms with Crippen molar-refractivity contribution in [2.24, 2.45) is 0 Å². The first kappa shape index (κ1) is 16.1. The molecule has 2 aromatic rings. The average Bonchev–Trinajstić information content (AvgIpc) is 3.10. The fraction of sp³-hybridized carbons (Fsp3) is 0.412. The normalized spacial score (nSPS) is 20.1. The summed E-state index contributed by atoms with van der Waals surface area (Å²) in [4.78, 5) is 18.5. The molecule has 1 amide bonds. The minimum absolute atomic E-state index is 0.00459. The summed E-state index contributed by atoms with van der Waals surface area (Å²) in [6, 6.07) is 10.4. The molecule has 1 fully saturated rings. The molecule has 3 rings (SSSR count). The Morgan fingerprint density at radius 2 is 2.30 bits per heavy atom. The van der Waals surface area contributed by atoms with Crippen LogP contribution in [0.15, 0.2) is 41.2 Å². The van der Waals surface area contributed by atoms with Crippen molar-refractivity contribution in [3.05, 3.63) is 52.5 Å². The third-order valence-corrected chi connectivity index (χ3v) is 4.59. The Morgan fingerprint density at radius 3 is 3.04 bits per heavy atom. The average molecular weight is 331 g/mol. The first-order chi connectivity index (χ1) is 11.2. The molecule has 0 radical (unpaired) electrons. The van der Waals surface area contributed by atoms with Gasteiger partial charge in [0.05, 0.1) is 24.3 Å². The maximum atomic E-state index is 12.1. The highest BCUT2D eigenvalue weighted by atomic mass is 32.1. The number of nitrogens with one attached hydrogen (secondary N) is 1. The fourth-order valence-electron chi connectivity index (χ4n) is 2.72. The van der Waals surface area contributed by atoms with Crippen LogP contribution in [0.1, 0.15) is 23.0 Å². The lowest BCUT2D eigenvalue weighted by molar-refractivity contribution is -0.0449. The number of thiazole rings is 1. The molecular formula is C17H21N3O2S. The van der Waals surface area contributed by atoms with Gasteiger partial charge in [-0.15, -0.1) is 11.3 Å². The molecule has 6 heteroatoms. The number of amides is 1. The number of hydrogen-bond acceptors (Lipinski definition) is 5. The predicted octanol–water partition coefficient (Wildman–Crippen LogP) is 2.16. The van der Waals surface area contributed by atoms with E-state index in [4.69, 9.17) is 4.74 Å². The number of carbonyl (C=O) groups is 1. The number of rotatable bonds is 5. The van der Waals surface area contributed by atoms with E-state index < -0.39 is 0 Å². The highest BCUT2D eigenvalue weighted by molar-refractivity contribution is 7.07. The van der Waals surface area contributed by atoms with Crippen molar-refractivity contribution in [1.82, 2.24) is 15.2 Å². The molecule has 1 aromatic heterocycles. The summed E-state index contributed by atoms with van der Waals surface area (Å²) in [5.74, 6) is -0.137. The van der Waals surface area contributed by atoms with Crippen LogP contribution in [0.4, 0.5) is 0 Å². The summed E-state index contributed by atoms with van der Waals surface area (Å²) in [6.45, 7) is 5.31. The maximum absolute atomic E-state index is 12.1. The van der Waals surface area contributed by atoms with Crippen LogP contribution in [-0.2, 0) is 11.3 Å². The first-order valence-corrected chi connectivity index (χ1v) is 8.73. The second-order valence-electron chi connectivity index (χ2n) is 5.77. The lowest BCUT2D eigenvalue weighted by Crippen LogP contribution is -2.52. The standard InChI is InChI=1S/C17H21N3O2S/c1-13(19-17(21)15-11-23-12-18-15)16-10-20(7-8-22-16)9-14-5-3-2-4-6-14/h2-6,11-13,16H,7-10H2,1H3,(H,19,21)/t13-,16-/m1/s1. The lowest BCUT2D eigenvalue weighted by Gasteiger charge is -2.36. The molecule has 23 heavy (non-hydrogen) atoms. The quantitative estimate of drug-likeness (QED) is 0.912. The summed E-state index contributed by atoms with van der Waals surface area (Å²) in [6.07, 6.45) is -0.00459. The van der Waals surface area contributed by atoms with Gasteiger partial charge in [-0.3, -0.25) is 9.69 Å². The largest absolute Gasteiger partial charge is 0.373 e. The van der Waals surface area contributed by atoms with E-state index in [0.29, 0.717) is 12.3 Å². The summed E-state index contributed by atoms with van der Waals surface area (Å²) in [5, 5.41) is 4.75. The van der Waals surface area contributed by atoms with Crippen molar-refractivity contribution in [2.75, 3.05) is 19.7 Å². The Balaban J connectivity index is 1.54. The highest BCUT2D eigenvalue weighted by Crippen LogP contribution is 2.13. The SMILES string of the molecule is C[C@@H](NC(=O)c1cscn1)[C@H]1CN(Cc2ccccc2)CCO1. The van der Waals surface area contributed by atoms with E-state index in [9.17, 15) is 4.79 Å². The Bertz CT molecular complexity index is 618. The second-order valence-corrected chi connectivity index (χ2v) is 6.48. The topological polar surface area (TPSA) is 54.5 Å². The van der Waals surface area contributed by atoms with Crippen molar-refractivity contribution in [1.29, 1.82) is 0 Å². The third kappa shape index (κ3) is 4.37.